The molecule has 0 bridgehead atoms. The number of benzene rings is 3. The lowest BCUT2D eigenvalue weighted by molar-refractivity contribution is -0.139. The lowest BCUT2D eigenvalue weighted by Gasteiger charge is -2.41. The van der Waals surface area contributed by atoms with Crippen molar-refractivity contribution in [3.63, 3.8) is 0 Å². The van der Waals surface area contributed by atoms with E-state index in [1.807, 2.05) is 73.8 Å². The van der Waals surface area contributed by atoms with Crippen LogP contribution in [0.4, 0.5) is 4.79 Å². The highest BCUT2D eigenvalue weighted by Crippen LogP contribution is 2.43. The molecule has 1 amide bonds. The summed E-state index contributed by atoms with van der Waals surface area (Å²) in [4.78, 5) is 40.0. The van der Waals surface area contributed by atoms with Gasteiger partial charge in [-0.15, -0.1) is 0 Å². The van der Waals surface area contributed by atoms with Gasteiger partial charge in [-0.1, -0.05) is 92.7 Å². The van der Waals surface area contributed by atoms with Gasteiger partial charge in [-0.05, 0) is 78.2 Å². The summed E-state index contributed by atoms with van der Waals surface area (Å²) >= 11 is 0. The first-order chi connectivity index (χ1) is 20.0. The van der Waals surface area contributed by atoms with Crippen molar-refractivity contribution in [2.75, 3.05) is 13.2 Å². The maximum atomic E-state index is 13.7. The molecule has 4 rings (SSSR count). The van der Waals surface area contributed by atoms with Gasteiger partial charge in [0.15, 0.2) is 8.32 Å². The first-order valence-electron chi connectivity index (χ1n) is 14.8. The third-order valence-electron chi connectivity index (χ3n) is 8.59. The van der Waals surface area contributed by atoms with Crippen LogP contribution in [-0.2, 0) is 20.9 Å². The number of ether oxygens (including phenoxy) is 2. The molecule has 7 heteroatoms. The van der Waals surface area contributed by atoms with Crippen molar-refractivity contribution >= 4 is 26.0 Å². The predicted molar refractivity (Wildman–Crippen MR) is 170 cm³/mol. The van der Waals surface area contributed by atoms with Crippen LogP contribution in [-0.4, -0.2) is 49.3 Å². The molecule has 1 atom stereocenters. The van der Waals surface area contributed by atoms with Crippen molar-refractivity contribution in [3.8, 4) is 11.1 Å². The molecule has 1 heterocycles. The molecular weight excluding hydrogens is 542 g/mol. The summed E-state index contributed by atoms with van der Waals surface area (Å²) in [5.74, 6) is -0.415. The van der Waals surface area contributed by atoms with E-state index in [2.05, 4.69) is 38.1 Å². The van der Waals surface area contributed by atoms with E-state index in [0.717, 1.165) is 27.8 Å². The van der Waals surface area contributed by atoms with E-state index in [1.165, 1.54) is 0 Å². The molecule has 0 aromatic heterocycles. The molecule has 1 unspecified atom stereocenters. The molecule has 0 saturated carbocycles. The molecule has 0 fully saturated rings. The van der Waals surface area contributed by atoms with Crippen molar-refractivity contribution in [3.05, 3.63) is 102 Å². The average Bonchev–Trinajstić information content (AvgIpc) is 2.99. The van der Waals surface area contributed by atoms with Gasteiger partial charge in [0.2, 0.25) is 0 Å². The molecule has 0 aliphatic carbocycles. The number of hydrogen-bond acceptors (Lipinski definition) is 5. The van der Waals surface area contributed by atoms with Crippen LogP contribution >= 0.6 is 0 Å². The zero-order valence-electron chi connectivity index (χ0n) is 25.4. The normalized spacial score (nSPS) is 15.9. The fourth-order valence-corrected chi connectivity index (χ4v) is 6.05. The number of esters is 1. The molecule has 0 radical (unpaired) electrons. The largest absolute Gasteiger partial charge is 0.463 e. The van der Waals surface area contributed by atoms with Gasteiger partial charge in [0.05, 0.1) is 18.2 Å². The first kappa shape index (κ1) is 31.3. The zero-order valence-corrected chi connectivity index (χ0v) is 26.4. The van der Waals surface area contributed by atoms with Crippen LogP contribution in [0.25, 0.3) is 16.7 Å². The predicted octanol–water partition coefficient (Wildman–Crippen LogP) is 7.84. The third-order valence-corrected chi connectivity index (χ3v) is 12.2. The van der Waals surface area contributed by atoms with E-state index < -0.39 is 26.4 Å². The van der Waals surface area contributed by atoms with Gasteiger partial charge in [-0.3, -0.25) is 0 Å². The van der Waals surface area contributed by atoms with Crippen LogP contribution in [0, 0.1) is 0 Å². The molecule has 1 aliphatic rings. The zero-order chi connectivity index (χ0) is 30.3. The summed E-state index contributed by atoms with van der Waals surface area (Å²) in [6.45, 7) is 10.6. The first-order valence-corrected chi connectivity index (χ1v) is 17.7. The summed E-state index contributed by atoms with van der Waals surface area (Å²) in [5, 5.41) is -0.336. The number of carbonyl (C=O) groups is 2. The molecule has 0 saturated heterocycles. The Morgan fingerprint density at radius 2 is 1.52 bits per heavy atom. The van der Waals surface area contributed by atoms with Crippen LogP contribution in [0.5, 0.6) is 0 Å². The fraction of sp³-hybridized carbons (Fsp3) is 0.371. The highest BCUT2D eigenvalue weighted by molar-refractivity contribution is 6.72. The Balaban J connectivity index is 1.76. The topological polar surface area (TPSA) is 76.1 Å². The molecule has 0 spiro atoms. The Hall–Kier alpha value is -3.68. The molecule has 1 N–H and O–H groups in total. The van der Waals surface area contributed by atoms with Crippen LogP contribution in [0.15, 0.2) is 90.5 Å². The molecule has 6 nitrogen and oxygen atoms in total. The van der Waals surface area contributed by atoms with Crippen LogP contribution in [0.3, 0.4) is 0 Å². The number of hydrogen-bond donors (Lipinski definition) is 1. The van der Waals surface area contributed by atoms with Crippen molar-refractivity contribution in [1.82, 2.24) is 4.90 Å². The highest BCUT2D eigenvalue weighted by atomic mass is 28.4. The molecular formula is C35H43NO5Si. The Bertz CT molecular complexity index is 1400. The summed E-state index contributed by atoms with van der Waals surface area (Å²) in [7, 11) is -2.54. The molecule has 1 aliphatic heterocycles. The van der Waals surface area contributed by atoms with E-state index in [-0.39, 0.29) is 18.3 Å². The van der Waals surface area contributed by atoms with Gasteiger partial charge in [0, 0.05) is 6.54 Å². The second kappa shape index (κ2) is 13.5. The van der Waals surface area contributed by atoms with Gasteiger partial charge in [0.1, 0.15) is 6.61 Å². The van der Waals surface area contributed by atoms with E-state index in [0.29, 0.717) is 31.4 Å². The number of amides is 1. The molecule has 222 valence electrons. The maximum absolute atomic E-state index is 13.7. The van der Waals surface area contributed by atoms with Gasteiger partial charge in [-0.2, -0.15) is 0 Å². The molecule has 3 aromatic carbocycles. The van der Waals surface area contributed by atoms with E-state index in [4.69, 9.17) is 9.47 Å². The van der Waals surface area contributed by atoms with Gasteiger partial charge in [-0.25, -0.2) is 9.59 Å². The summed E-state index contributed by atoms with van der Waals surface area (Å²) in [5.41, 5.74) is 5.37. The third kappa shape index (κ3) is 7.39. The Labute approximate surface area is 251 Å². The van der Waals surface area contributed by atoms with Gasteiger partial charge >= 0.3 is 12.1 Å². The highest BCUT2D eigenvalue weighted by Gasteiger charge is 2.42. The summed E-state index contributed by atoms with van der Waals surface area (Å²) < 4.78 is 11.4. The summed E-state index contributed by atoms with van der Waals surface area (Å²) in [6, 6.07) is 27.4. The van der Waals surface area contributed by atoms with E-state index in [9.17, 15) is 14.4 Å². The molecule has 3 aromatic rings. The Kier molecular flexibility index (Phi) is 10.1. The number of rotatable bonds is 10. The smallest absolute Gasteiger partial charge is 0.410 e. The monoisotopic (exact) mass is 585 g/mol. The maximum Gasteiger partial charge on any atom is 0.410 e. The van der Waals surface area contributed by atoms with Crippen molar-refractivity contribution in [2.45, 2.75) is 70.8 Å². The minimum atomic E-state index is -2.54. The van der Waals surface area contributed by atoms with Crippen LogP contribution in [0.2, 0.25) is 18.1 Å². The van der Waals surface area contributed by atoms with Crippen molar-refractivity contribution in [2.24, 2.45) is 0 Å². The Morgan fingerprint density at radius 3 is 2.17 bits per heavy atom. The van der Waals surface area contributed by atoms with Gasteiger partial charge < -0.3 is 19.2 Å². The second-order valence-corrected chi connectivity index (χ2v) is 16.5. The fourth-order valence-electron chi connectivity index (χ4n) is 5.29. The minimum Gasteiger partial charge on any atom is -0.463 e. The van der Waals surface area contributed by atoms with E-state index >= 15 is 0 Å². The Morgan fingerprint density at radius 1 is 0.905 bits per heavy atom. The van der Waals surface area contributed by atoms with E-state index in [1.54, 1.807) is 11.8 Å². The number of carbonyl (C=O) groups excluding carboxylic acids is 2. The quantitative estimate of drug-likeness (QED) is 0.194. The second-order valence-electron chi connectivity index (χ2n) is 12.0. The van der Waals surface area contributed by atoms with Gasteiger partial charge in [0.25, 0.3) is 0 Å². The molecule has 42 heavy (non-hydrogen) atoms. The lowest BCUT2D eigenvalue weighted by Crippen LogP contribution is -2.48. The van der Waals surface area contributed by atoms with Crippen LogP contribution in [0.1, 0.15) is 51.2 Å². The average molecular weight is 586 g/mol. The number of nitrogens with zero attached hydrogens (tertiary/aromatic N) is 1. The lowest BCUT2D eigenvalue weighted by atomic mass is 9.84. The van der Waals surface area contributed by atoms with Crippen molar-refractivity contribution < 1.29 is 23.9 Å². The SMILES string of the molecule is CCOC(=O)C1=C(c2cccc(-c3ccccc3)c2)CCN(C(=O)OCc2ccccc2)C1CCC(C)(C)[Si](C)(C)O. The van der Waals surface area contributed by atoms with Crippen molar-refractivity contribution in [1.29, 1.82) is 0 Å². The van der Waals surface area contributed by atoms with Crippen LogP contribution < -0.4 is 0 Å². The standard InChI is InChI=1S/C35H43NO5Si/c1-6-40-33(37)32-30(29-19-13-18-28(24-29)27-16-11-8-12-17-27)21-23-36(31(32)20-22-35(2,3)42(4,5)39)34(38)41-25-26-14-9-7-10-15-26/h7-19,24,31,39H,6,20-23,25H2,1-5H3. The minimum absolute atomic E-state index is 0.148. The summed E-state index contributed by atoms with van der Waals surface area (Å²) in [6.07, 6.45) is 1.17.